The van der Waals surface area contributed by atoms with Crippen molar-refractivity contribution in [1.29, 1.82) is 0 Å². The topological polar surface area (TPSA) is 210 Å². The van der Waals surface area contributed by atoms with Gasteiger partial charge >= 0.3 is 19.8 Å². The Morgan fingerprint density at radius 2 is 1.02 bits per heavy atom. The fraction of sp³-hybridized carbons (Fsp3) is 0.762. The van der Waals surface area contributed by atoms with Crippen molar-refractivity contribution in [2.24, 2.45) is 0 Å². The van der Waals surface area contributed by atoms with Crippen LogP contribution in [0, 0.1) is 0 Å². The fourth-order valence-electron chi connectivity index (χ4n) is 6.04. The Bertz CT molecular complexity index is 1170. The quantitative estimate of drug-likeness (QED) is 0.0168. The number of esters is 2. The highest BCUT2D eigenvalue weighted by atomic mass is 31.2. The molecule has 324 valence electrons. The summed E-state index contributed by atoms with van der Waals surface area (Å²) in [6.07, 6.45) is 23.2. The van der Waals surface area contributed by atoms with E-state index in [1.165, 1.54) is 44.9 Å². The lowest BCUT2D eigenvalue weighted by atomic mass is 9.85. The molecule has 1 fully saturated rings. The van der Waals surface area contributed by atoms with Gasteiger partial charge in [0.05, 0.1) is 6.61 Å². The predicted octanol–water partition coefficient (Wildman–Crippen LogP) is 7.22. The van der Waals surface area contributed by atoms with Crippen molar-refractivity contribution < 1.29 is 63.1 Å². The first-order valence-corrected chi connectivity index (χ1v) is 22.4. The summed E-state index contributed by atoms with van der Waals surface area (Å²) in [5.41, 5.74) is 0. The van der Waals surface area contributed by atoms with Gasteiger partial charge in [0.2, 0.25) is 0 Å². The Balaban J connectivity index is 2.54. The Hall–Kier alpha value is -2.19. The number of phosphoric ester groups is 1. The van der Waals surface area contributed by atoms with Crippen LogP contribution in [0.25, 0.3) is 0 Å². The standard InChI is InChI=1S/C42H73O13P/c1-3-5-7-9-11-13-15-17-18-19-21-22-24-26-28-30-35(43)52-32-34(54-36(44)31-29-27-25-23-20-16-14-12-10-8-6-4-2)33-53-56(50,51)55-42-40(48)38(46)37(45)39(47)41(42)49/h5,7,11,13,17-18,21-22,34,37-42,45-49H,3-4,6,8-10,12,14-16,19-20,23-33H2,1-2H3,(H,50,51)/b7-5-,13-11-,18-17-,22-21-/t34-,37?,38-,39?,40?,41?,42?/m1/s1. The highest BCUT2D eigenvalue weighted by Gasteiger charge is 2.51. The van der Waals surface area contributed by atoms with Gasteiger partial charge in [-0.2, -0.15) is 0 Å². The van der Waals surface area contributed by atoms with Crippen LogP contribution < -0.4 is 0 Å². The fourth-order valence-corrected chi connectivity index (χ4v) is 7.01. The molecule has 0 radical (unpaired) electrons. The lowest BCUT2D eigenvalue weighted by Crippen LogP contribution is -2.64. The Labute approximate surface area is 335 Å². The molecule has 0 heterocycles. The van der Waals surface area contributed by atoms with E-state index in [0.717, 1.165) is 64.2 Å². The molecule has 6 unspecified atom stereocenters. The molecule has 1 aliphatic carbocycles. The van der Waals surface area contributed by atoms with Gasteiger partial charge in [0, 0.05) is 12.8 Å². The number of allylic oxidation sites excluding steroid dienone is 8. The molecular weight excluding hydrogens is 743 g/mol. The van der Waals surface area contributed by atoms with Gasteiger partial charge < -0.3 is 39.9 Å². The maximum atomic E-state index is 12.8. The molecule has 1 rings (SSSR count). The molecule has 0 bridgehead atoms. The molecule has 0 aromatic carbocycles. The van der Waals surface area contributed by atoms with Crippen LogP contribution in [0.2, 0.25) is 0 Å². The van der Waals surface area contributed by atoms with Crippen LogP contribution in [0.15, 0.2) is 48.6 Å². The first-order chi connectivity index (χ1) is 26.9. The summed E-state index contributed by atoms with van der Waals surface area (Å²) in [6, 6.07) is 0. The molecule has 0 aliphatic heterocycles. The minimum Gasteiger partial charge on any atom is -0.462 e. The van der Waals surface area contributed by atoms with Gasteiger partial charge in [-0.3, -0.25) is 18.6 Å². The van der Waals surface area contributed by atoms with Crippen LogP contribution >= 0.6 is 7.82 Å². The van der Waals surface area contributed by atoms with Gasteiger partial charge in [0.15, 0.2) is 6.10 Å². The lowest BCUT2D eigenvalue weighted by molar-refractivity contribution is -0.220. The van der Waals surface area contributed by atoms with E-state index in [1.54, 1.807) is 0 Å². The zero-order valence-electron chi connectivity index (χ0n) is 33.9. The maximum Gasteiger partial charge on any atom is 0.472 e. The number of aliphatic hydroxyl groups excluding tert-OH is 5. The minimum atomic E-state index is -5.12. The van der Waals surface area contributed by atoms with Crippen LogP contribution in [0.5, 0.6) is 0 Å². The first-order valence-electron chi connectivity index (χ1n) is 20.9. The Kier molecular flexibility index (Phi) is 30.3. The molecule has 6 N–H and O–H groups in total. The number of hydrogen-bond acceptors (Lipinski definition) is 12. The van der Waals surface area contributed by atoms with Crippen LogP contribution in [-0.2, 0) is 32.7 Å². The van der Waals surface area contributed by atoms with Crippen molar-refractivity contribution in [1.82, 2.24) is 0 Å². The van der Waals surface area contributed by atoms with E-state index < -0.39 is 75.7 Å². The van der Waals surface area contributed by atoms with Gasteiger partial charge in [-0.1, -0.05) is 133 Å². The number of unbranched alkanes of at least 4 members (excludes halogenated alkanes) is 13. The maximum absolute atomic E-state index is 12.8. The van der Waals surface area contributed by atoms with Crippen LogP contribution in [0.4, 0.5) is 0 Å². The SMILES string of the molecule is CC/C=C\C/C=C\C/C=C\C/C=C\CCCCC(=O)OC[C@H](COP(=O)(O)OC1C(O)C(O)C(O)[C@@H](O)C1O)OC(=O)CCCCCCCCCCCCCC. The first kappa shape index (κ1) is 51.8. The Morgan fingerprint density at radius 3 is 1.55 bits per heavy atom. The summed E-state index contributed by atoms with van der Waals surface area (Å²) < 4.78 is 33.4. The number of ether oxygens (including phenoxy) is 2. The van der Waals surface area contributed by atoms with E-state index in [0.29, 0.717) is 12.8 Å². The average Bonchev–Trinajstić information content (AvgIpc) is 3.18. The molecule has 1 aliphatic rings. The summed E-state index contributed by atoms with van der Waals surface area (Å²) in [7, 11) is -5.12. The molecule has 13 nitrogen and oxygen atoms in total. The molecular formula is C42H73O13P. The van der Waals surface area contributed by atoms with Gasteiger partial charge in [0.25, 0.3) is 0 Å². The number of carbonyl (C=O) groups is 2. The summed E-state index contributed by atoms with van der Waals surface area (Å²) in [5, 5.41) is 50.0. The summed E-state index contributed by atoms with van der Waals surface area (Å²) >= 11 is 0. The zero-order chi connectivity index (χ0) is 41.4. The van der Waals surface area contributed by atoms with Crippen LogP contribution in [-0.4, -0.2) is 98.3 Å². The molecule has 14 heteroatoms. The Morgan fingerprint density at radius 1 is 0.571 bits per heavy atom. The second kappa shape index (κ2) is 32.7. The van der Waals surface area contributed by atoms with Crippen molar-refractivity contribution in [2.45, 2.75) is 191 Å². The van der Waals surface area contributed by atoms with E-state index >= 15 is 0 Å². The highest BCUT2D eigenvalue weighted by Crippen LogP contribution is 2.47. The normalized spacial score (nSPS) is 23.4. The van der Waals surface area contributed by atoms with E-state index in [1.807, 2.05) is 0 Å². The molecule has 8 atom stereocenters. The average molecular weight is 817 g/mol. The van der Waals surface area contributed by atoms with Crippen molar-refractivity contribution >= 4 is 19.8 Å². The second-order valence-electron chi connectivity index (χ2n) is 14.5. The van der Waals surface area contributed by atoms with E-state index in [4.69, 9.17) is 18.5 Å². The van der Waals surface area contributed by atoms with Crippen molar-refractivity contribution in [3.63, 3.8) is 0 Å². The number of carbonyl (C=O) groups excluding carboxylic acids is 2. The number of rotatable bonds is 33. The van der Waals surface area contributed by atoms with Crippen molar-refractivity contribution in [3.8, 4) is 0 Å². The highest BCUT2D eigenvalue weighted by molar-refractivity contribution is 7.47. The third kappa shape index (κ3) is 25.2. The molecule has 0 aromatic rings. The largest absolute Gasteiger partial charge is 0.472 e. The van der Waals surface area contributed by atoms with Crippen molar-refractivity contribution in [3.05, 3.63) is 48.6 Å². The number of hydrogen-bond donors (Lipinski definition) is 6. The number of phosphoric acid groups is 1. The van der Waals surface area contributed by atoms with Gasteiger partial charge in [-0.25, -0.2) is 4.57 Å². The minimum absolute atomic E-state index is 0.0883. The third-order valence-electron chi connectivity index (χ3n) is 9.43. The lowest BCUT2D eigenvalue weighted by Gasteiger charge is -2.41. The van der Waals surface area contributed by atoms with Gasteiger partial charge in [-0.05, 0) is 51.4 Å². The number of aliphatic hydroxyl groups is 5. The molecule has 0 aromatic heterocycles. The smallest absolute Gasteiger partial charge is 0.462 e. The summed E-state index contributed by atoms with van der Waals surface area (Å²) in [4.78, 5) is 35.5. The van der Waals surface area contributed by atoms with E-state index in [2.05, 4.69) is 62.5 Å². The van der Waals surface area contributed by atoms with E-state index in [-0.39, 0.29) is 12.8 Å². The van der Waals surface area contributed by atoms with E-state index in [9.17, 15) is 44.6 Å². The third-order valence-corrected chi connectivity index (χ3v) is 10.4. The van der Waals surface area contributed by atoms with Gasteiger partial charge in [-0.15, -0.1) is 0 Å². The molecule has 0 amide bonds. The zero-order valence-corrected chi connectivity index (χ0v) is 34.8. The molecule has 0 spiro atoms. The second-order valence-corrected chi connectivity index (χ2v) is 15.9. The van der Waals surface area contributed by atoms with Crippen LogP contribution in [0.1, 0.15) is 149 Å². The molecule has 56 heavy (non-hydrogen) atoms. The predicted molar refractivity (Wildman–Crippen MR) is 216 cm³/mol. The molecule has 0 saturated heterocycles. The van der Waals surface area contributed by atoms with Crippen LogP contribution in [0.3, 0.4) is 0 Å². The molecule has 1 saturated carbocycles. The van der Waals surface area contributed by atoms with Crippen molar-refractivity contribution in [2.75, 3.05) is 13.2 Å². The summed E-state index contributed by atoms with van der Waals surface area (Å²) in [5.74, 6) is -1.15. The summed E-state index contributed by atoms with van der Waals surface area (Å²) in [6.45, 7) is 3.12. The van der Waals surface area contributed by atoms with Gasteiger partial charge in [0.1, 0.15) is 43.2 Å². The monoisotopic (exact) mass is 816 g/mol.